The van der Waals surface area contributed by atoms with Crippen LogP contribution in [0.15, 0.2) is 0 Å². The maximum absolute atomic E-state index is 12.8. The van der Waals surface area contributed by atoms with Gasteiger partial charge < -0.3 is 14.7 Å². The van der Waals surface area contributed by atoms with Gasteiger partial charge in [-0.1, -0.05) is 0 Å². The van der Waals surface area contributed by atoms with Gasteiger partial charge in [0.2, 0.25) is 5.91 Å². The summed E-state index contributed by atoms with van der Waals surface area (Å²) in [5, 5.41) is 9.55. The molecule has 5 nitrogen and oxygen atoms in total. The molecule has 3 heterocycles. The number of rotatable bonds is 2. The van der Waals surface area contributed by atoms with Crippen molar-refractivity contribution in [2.24, 2.45) is 11.8 Å². The third-order valence-corrected chi connectivity index (χ3v) is 5.76. The molecule has 5 atom stereocenters. The van der Waals surface area contributed by atoms with Crippen molar-refractivity contribution in [3.63, 3.8) is 0 Å². The number of fused-ring (bicyclic) bond motifs is 3. The molecule has 110 valence electrons. The van der Waals surface area contributed by atoms with Gasteiger partial charge in [0.1, 0.15) is 5.54 Å². The summed E-state index contributed by atoms with van der Waals surface area (Å²) in [4.78, 5) is 26.2. The van der Waals surface area contributed by atoms with E-state index in [1.54, 1.807) is 4.90 Å². The van der Waals surface area contributed by atoms with E-state index < -0.39 is 11.5 Å². The molecule has 1 amide bonds. The van der Waals surface area contributed by atoms with Gasteiger partial charge >= 0.3 is 5.97 Å². The van der Waals surface area contributed by atoms with Crippen LogP contribution in [0.1, 0.15) is 44.9 Å². The first kappa shape index (κ1) is 12.6. The Hall–Kier alpha value is -1.10. The highest BCUT2D eigenvalue weighted by molar-refractivity contribution is 5.91. The number of carbonyl (C=O) groups is 2. The SMILES string of the molecule is O=C(C1C[C@H]2CC[C@@H](C1)O2)N1CCC[C@@H]2C[C@@]21C(=O)O. The summed E-state index contributed by atoms with van der Waals surface area (Å²) in [7, 11) is 0. The van der Waals surface area contributed by atoms with Crippen molar-refractivity contribution >= 4 is 11.9 Å². The monoisotopic (exact) mass is 279 g/mol. The van der Waals surface area contributed by atoms with Gasteiger partial charge in [-0.05, 0) is 50.9 Å². The van der Waals surface area contributed by atoms with Gasteiger partial charge in [0, 0.05) is 12.5 Å². The van der Waals surface area contributed by atoms with E-state index in [9.17, 15) is 14.7 Å². The predicted octanol–water partition coefficient (Wildman–Crippen LogP) is 1.41. The second-order valence-corrected chi connectivity index (χ2v) is 6.89. The van der Waals surface area contributed by atoms with Gasteiger partial charge in [-0.2, -0.15) is 0 Å². The maximum atomic E-state index is 12.8. The average Bonchev–Trinajstić information content (AvgIpc) is 3.12. The lowest BCUT2D eigenvalue weighted by molar-refractivity contribution is -0.159. The van der Waals surface area contributed by atoms with Crippen LogP contribution in [0.25, 0.3) is 0 Å². The van der Waals surface area contributed by atoms with Crippen LogP contribution in [0.5, 0.6) is 0 Å². The molecule has 3 saturated heterocycles. The number of carboxylic acids is 1. The molecule has 1 unspecified atom stereocenters. The number of hydrogen-bond donors (Lipinski definition) is 1. The molecular weight excluding hydrogens is 258 g/mol. The molecule has 2 bridgehead atoms. The molecule has 4 rings (SSSR count). The molecule has 0 spiro atoms. The largest absolute Gasteiger partial charge is 0.479 e. The van der Waals surface area contributed by atoms with Crippen LogP contribution in [-0.4, -0.2) is 46.2 Å². The Morgan fingerprint density at radius 3 is 2.50 bits per heavy atom. The van der Waals surface area contributed by atoms with Crippen molar-refractivity contribution in [3.05, 3.63) is 0 Å². The number of hydrogen-bond acceptors (Lipinski definition) is 3. The van der Waals surface area contributed by atoms with E-state index in [0.29, 0.717) is 13.0 Å². The molecule has 20 heavy (non-hydrogen) atoms. The molecule has 3 aliphatic heterocycles. The highest BCUT2D eigenvalue weighted by atomic mass is 16.5. The number of carbonyl (C=O) groups excluding carboxylic acids is 1. The van der Waals surface area contributed by atoms with Crippen LogP contribution in [0, 0.1) is 11.8 Å². The van der Waals surface area contributed by atoms with Crippen LogP contribution >= 0.6 is 0 Å². The minimum atomic E-state index is -0.854. The highest BCUT2D eigenvalue weighted by Gasteiger charge is 2.67. The molecule has 1 N–H and O–H groups in total. The third-order valence-electron chi connectivity index (χ3n) is 5.76. The standard InChI is InChI=1S/C15H21NO4/c17-13(9-6-11-3-4-12(7-9)20-11)16-5-1-2-10-8-15(10,16)14(18)19/h9-12H,1-8H2,(H,18,19)/t9?,10-,11-,12+,15+/m1/s1. The molecule has 0 aromatic rings. The van der Waals surface area contributed by atoms with Gasteiger partial charge in [-0.15, -0.1) is 0 Å². The summed E-state index contributed by atoms with van der Waals surface area (Å²) < 4.78 is 5.79. The van der Waals surface area contributed by atoms with E-state index in [2.05, 4.69) is 0 Å². The number of amides is 1. The fourth-order valence-electron chi connectivity index (χ4n) is 4.65. The zero-order valence-electron chi connectivity index (χ0n) is 11.6. The molecule has 4 aliphatic rings. The highest BCUT2D eigenvalue weighted by Crippen LogP contribution is 2.55. The summed E-state index contributed by atoms with van der Waals surface area (Å²) in [6.45, 7) is 0.619. The van der Waals surface area contributed by atoms with Gasteiger partial charge in [-0.25, -0.2) is 4.79 Å². The molecule has 1 aliphatic carbocycles. The first-order valence-electron chi connectivity index (χ1n) is 7.81. The number of likely N-dealkylation sites (tertiary alicyclic amines) is 1. The van der Waals surface area contributed by atoms with Gasteiger partial charge in [0.15, 0.2) is 0 Å². The van der Waals surface area contributed by atoms with Gasteiger partial charge in [-0.3, -0.25) is 4.79 Å². The normalized spacial score (nSPS) is 45.9. The summed E-state index contributed by atoms with van der Waals surface area (Å²) >= 11 is 0. The fourth-order valence-corrected chi connectivity index (χ4v) is 4.65. The van der Waals surface area contributed by atoms with E-state index >= 15 is 0 Å². The Bertz CT molecular complexity index is 453. The van der Waals surface area contributed by atoms with Crippen LogP contribution in [0.4, 0.5) is 0 Å². The number of nitrogens with zero attached hydrogens (tertiary/aromatic N) is 1. The molecule has 1 saturated carbocycles. The van der Waals surface area contributed by atoms with E-state index in [1.807, 2.05) is 0 Å². The number of carboxylic acid groups (broad SMARTS) is 1. The first-order chi connectivity index (χ1) is 9.61. The average molecular weight is 279 g/mol. The maximum Gasteiger partial charge on any atom is 0.329 e. The van der Waals surface area contributed by atoms with Gasteiger partial charge in [0.05, 0.1) is 12.2 Å². The molecule has 4 fully saturated rings. The molecule has 0 aromatic carbocycles. The quantitative estimate of drug-likeness (QED) is 0.830. The summed E-state index contributed by atoms with van der Waals surface area (Å²) in [5.41, 5.74) is -0.854. The second kappa shape index (κ2) is 4.20. The van der Waals surface area contributed by atoms with E-state index in [4.69, 9.17) is 4.74 Å². The predicted molar refractivity (Wildman–Crippen MR) is 70.0 cm³/mol. The summed E-state index contributed by atoms with van der Waals surface area (Å²) in [6, 6.07) is 0. The van der Waals surface area contributed by atoms with Gasteiger partial charge in [0.25, 0.3) is 0 Å². The molecule has 0 radical (unpaired) electrons. The van der Waals surface area contributed by atoms with E-state index in [0.717, 1.165) is 38.5 Å². The number of aliphatic carboxylic acids is 1. The lowest BCUT2D eigenvalue weighted by Crippen LogP contribution is -2.54. The molecule has 0 aromatic heterocycles. The van der Waals surface area contributed by atoms with Crippen LogP contribution in [0.2, 0.25) is 0 Å². The third kappa shape index (κ3) is 1.65. The van der Waals surface area contributed by atoms with Crippen molar-refractivity contribution in [2.45, 2.75) is 62.7 Å². The Kier molecular flexibility index (Phi) is 2.65. The smallest absolute Gasteiger partial charge is 0.329 e. The number of piperidine rings is 1. The van der Waals surface area contributed by atoms with Crippen LogP contribution in [0.3, 0.4) is 0 Å². The fraction of sp³-hybridized carbons (Fsp3) is 0.867. The Morgan fingerprint density at radius 2 is 1.85 bits per heavy atom. The van der Waals surface area contributed by atoms with Crippen molar-refractivity contribution in [3.8, 4) is 0 Å². The zero-order chi connectivity index (χ0) is 13.9. The Balaban J connectivity index is 1.54. The van der Waals surface area contributed by atoms with Crippen molar-refractivity contribution < 1.29 is 19.4 Å². The summed E-state index contributed by atoms with van der Waals surface area (Å²) in [6.07, 6.45) is 6.69. The Labute approximate surface area is 118 Å². The zero-order valence-corrected chi connectivity index (χ0v) is 11.6. The summed E-state index contributed by atoms with van der Waals surface area (Å²) in [5.74, 6) is -0.550. The van der Waals surface area contributed by atoms with E-state index in [-0.39, 0.29) is 30.0 Å². The Morgan fingerprint density at radius 1 is 1.15 bits per heavy atom. The van der Waals surface area contributed by atoms with Crippen LogP contribution < -0.4 is 0 Å². The van der Waals surface area contributed by atoms with E-state index in [1.165, 1.54) is 0 Å². The van der Waals surface area contributed by atoms with Crippen molar-refractivity contribution in [1.82, 2.24) is 4.90 Å². The number of ether oxygens (including phenoxy) is 1. The minimum absolute atomic E-state index is 0.0168. The lowest BCUT2D eigenvalue weighted by Gasteiger charge is -2.38. The molecule has 5 heteroatoms. The minimum Gasteiger partial charge on any atom is -0.479 e. The van der Waals surface area contributed by atoms with Crippen molar-refractivity contribution in [2.75, 3.05) is 6.54 Å². The molecular formula is C15H21NO4. The lowest BCUT2D eigenvalue weighted by atomic mass is 9.91. The first-order valence-corrected chi connectivity index (χ1v) is 7.81. The van der Waals surface area contributed by atoms with Crippen molar-refractivity contribution in [1.29, 1.82) is 0 Å². The topological polar surface area (TPSA) is 66.8 Å². The van der Waals surface area contributed by atoms with Crippen LogP contribution in [-0.2, 0) is 14.3 Å². The second-order valence-electron chi connectivity index (χ2n) is 6.89.